The number of rotatable bonds is 5. The second-order valence-corrected chi connectivity index (χ2v) is 7.42. The number of hydrogen-bond acceptors (Lipinski definition) is 3. The zero-order chi connectivity index (χ0) is 20.9. The average Bonchev–Trinajstić information content (AvgIpc) is 2.77. The van der Waals surface area contributed by atoms with E-state index in [1.54, 1.807) is 0 Å². The summed E-state index contributed by atoms with van der Waals surface area (Å²) in [6.45, 7) is 2.61. The molecule has 2 amide bonds. The molecule has 5 nitrogen and oxygen atoms in total. The van der Waals surface area contributed by atoms with Crippen LogP contribution < -0.4 is 15.0 Å². The van der Waals surface area contributed by atoms with Crippen molar-refractivity contribution in [3.05, 3.63) is 89.5 Å². The lowest BCUT2D eigenvalue weighted by Crippen LogP contribution is -2.35. The van der Waals surface area contributed by atoms with Crippen LogP contribution in [0.25, 0.3) is 0 Å². The molecule has 1 N–H and O–H groups in total. The molecular weight excluding hydrogens is 376 g/mol. The fourth-order valence-corrected chi connectivity index (χ4v) is 3.67. The van der Waals surface area contributed by atoms with Crippen molar-refractivity contribution in [3.63, 3.8) is 0 Å². The van der Waals surface area contributed by atoms with Gasteiger partial charge in [-0.25, -0.2) is 0 Å². The highest BCUT2D eigenvalue weighted by Gasteiger charge is 2.23. The van der Waals surface area contributed by atoms with Gasteiger partial charge in [0, 0.05) is 23.5 Å². The number of aryl methyl sites for hydroxylation is 2. The standard InChI is InChI=1S/C25H24N2O3/c1-18-7-5-11-22(15-18)30-17-24(28)26-21-12-13-23-20(16-21)10-6-14-27(23)25(29)19-8-3-2-4-9-19/h2-5,7-9,11-13,15-16H,6,10,14,17H2,1H3,(H,26,28). The number of hydrogen-bond donors (Lipinski definition) is 1. The zero-order valence-electron chi connectivity index (χ0n) is 16.9. The van der Waals surface area contributed by atoms with Gasteiger partial charge in [-0.1, -0.05) is 30.3 Å². The summed E-state index contributed by atoms with van der Waals surface area (Å²) in [6, 6.07) is 22.6. The smallest absolute Gasteiger partial charge is 0.262 e. The van der Waals surface area contributed by atoms with Crippen molar-refractivity contribution in [3.8, 4) is 5.75 Å². The topological polar surface area (TPSA) is 58.6 Å². The van der Waals surface area contributed by atoms with Crippen LogP contribution in [0.3, 0.4) is 0 Å². The minimum absolute atomic E-state index is 0.000102. The Balaban J connectivity index is 1.43. The molecular formula is C25H24N2O3. The highest BCUT2D eigenvalue weighted by molar-refractivity contribution is 6.07. The lowest BCUT2D eigenvalue weighted by molar-refractivity contribution is -0.118. The van der Waals surface area contributed by atoms with Crippen LogP contribution in [0.5, 0.6) is 5.75 Å². The third kappa shape index (κ3) is 4.51. The Hall–Kier alpha value is -3.60. The third-order valence-electron chi connectivity index (χ3n) is 5.11. The van der Waals surface area contributed by atoms with Gasteiger partial charge in [-0.2, -0.15) is 0 Å². The summed E-state index contributed by atoms with van der Waals surface area (Å²) >= 11 is 0. The normalized spacial score (nSPS) is 12.8. The first kappa shape index (κ1) is 19.7. The fraction of sp³-hybridized carbons (Fsp3) is 0.200. The molecule has 3 aromatic carbocycles. The van der Waals surface area contributed by atoms with Gasteiger partial charge in [0.25, 0.3) is 11.8 Å². The molecule has 0 radical (unpaired) electrons. The second kappa shape index (κ2) is 8.82. The van der Waals surface area contributed by atoms with Gasteiger partial charge in [-0.15, -0.1) is 0 Å². The maximum absolute atomic E-state index is 12.9. The monoisotopic (exact) mass is 400 g/mol. The summed E-state index contributed by atoms with van der Waals surface area (Å²) in [7, 11) is 0. The molecule has 0 bridgehead atoms. The maximum atomic E-state index is 12.9. The average molecular weight is 400 g/mol. The van der Waals surface area contributed by atoms with Crippen molar-refractivity contribution in [1.29, 1.82) is 0 Å². The van der Waals surface area contributed by atoms with Crippen LogP contribution in [0.2, 0.25) is 0 Å². The van der Waals surface area contributed by atoms with Crippen LogP contribution in [0.1, 0.15) is 27.9 Å². The Labute approximate surface area is 176 Å². The number of ether oxygens (including phenoxy) is 1. The van der Waals surface area contributed by atoms with Gasteiger partial charge in [0.15, 0.2) is 6.61 Å². The number of nitrogens with zero attached hydrogens (tertiary/aromatic N) is 1. The van der Waals surface area contributed by atoms with Crippen LogP contribution in [-0.4, -0.2) is 25.0 Å². The van der Waals surface area contributed by atoms with Gasteiger partial charge >= 0.3 is 0 Å². The van der Waals surface area contributed by atoms with E-state index in [1.165, 1.54) is 0 Å². The molecule has 0 fully saturated rings. The molecule has 3 aromatic rings. The molecule has 152 valence electrons. The zero-order valence-corrected chi connectivity index (χ0v) is 16.9. The summed E-state index contributed by atoms with van der Waals surface area (Å²) in [5.74, 6) is 0.454. The third-order valence-corrected chi connectivity index (χ3v) is 5.11. The van der Waals surface area contributed by atoms with Gasteiger partial charge in [0.1, 0.15) is 5.75 Å². The van der Waals surface area contributed by atoms with Crippen LogP contribution in [-0.2, 0) is 11.2 Å². The van der Waals surface area contributed by atoms with Crippen molar-refractivity contribution in [2.24, 2.45) is 0 Å². The van der Waals surface area contributed by atoms with Gasteiger partial charge in [0.05, 0.1) is 0 Å². The largest absolute Gasteiger partial charge is 0.484 e. The number of benzene rings is 3. The van der Waals surface area contributed by atoms with Crippen molar-refractivity contribution in [2.75, 3.05) is 23.4 Å². The van der Waals surface area contributed by atoms with Crippen molar-refractivity contribution in [2.45, 2.75) is 19.8 Å². The maximum Gasteiger partial charge on any atom is 0.262 e. The van der Waals surface area contributed by atoms with Crippen LogP contribution in [0, 0.1) is 6.92 Å². The molecule has 0 saturated carbocycles. The van der Waals surface area contributed by atoms with Gasteiger partial charge < -0.3 is 15.0 Å². The molecule has 0 aliphatic carbocycles. The second-order valence-electron chi connectivity index (χ2n) is 7.42. The van der Waals surface area contributed by atoms with Gasteiger partial charge in [-0.05, 0) is 73.4 Å². The number of amides is 2. The molecule has 1 aliphatic heterocycles. The Morgan fingerprint density at radius 1 is 1.00 bits per heavy atom. The molecule has 4 rings (SSSR count). The fourth-order valence-electron chi connectivity index (χ4n) is 3.67. The highest BCUT2D eigenvalue weighted by Crippen LogP contribution is 2.31. The number of anilines is 2. The van der Waals surface area contributed by atoms with E-state index in [0.717, 1.165) is 29.7 Å². The molecule has 0 atom stereocenters. The molecule has 1 heterocycles. The summed E-state index contributed by atoms with van der Waals surface area (Å²) in [5.41, 5.74) is 4.43. The van der Waals surface area contributed by atoms with E-state index in [2.05, 4.69) is 5.32 Å². The van der Waals surface area contributed by atoms with E-state index < -0.39 is 0 Å². The quantitative estimate of drug-likeness (QED) is 0.681. The first-order valence-electron chi connectivity index (χ1n) is 10.1. The van der Waals surface area contributed by atoms with Gasteiger partial charge in [-0.3, -0.25) is 9.59 Å². The summed E-state index contributed by atoms with van der Waals surface area (Å²) in [6.07, 6.45) is 1.76. The van der Waals surface area contributed by atoms with E-state index in [-0.39, 0.29) is 18.4 Å². The van der Waals surface area contributed by atoms with Crippen LogP contribution in [0.15, 0.2) is 72.8 Å². The number of carbonyl (C=O) groups is 2. The molecule has 1 aliphatic rings. The summed E-state index contributed by atoms with van der Waals surface area (Å²) < 4.78 is 5.57. The minimum Gasteiger partial charge on any atom is -0.484 e. The van der Waals surface area contributed by atoms with Crippen molar-refractivity contribution < 1.29 is 14.3 Å². The lowest BCUT2D eigenvalue weighted by Gasteiger charge is -2.30. The Morgan fingerprint density at radius 3 is 2.63 bits per heavy atom. The van der Waals surface area contributed by atoms with E-state index in [9.17, 15) is 9.59 Å². The predicted octanol–water partition coefficient (Wildman–Crippen LogP) is 4.61. The van der Waals surface area contributed by atoms with Crippen LogP contribution >= 0.6 is 0 Å². The number of nitrogens with one attached hydrogen (secondary N) is 1. The minimum atomic E-state index is -0.218. The predicted molar refractivity (Wildman–Crippen MR) is 118 cm³/mol. The molecule has 5 heteroatoms. The lowest BCUT2D eigenvalue weighted by atomic mass is 10.00. The molecule has 0 spiro atoms. The first-order chi connectivity index (χ1) is 14.6. The Kier molecular flexibility index (Phi) is 5.80. The van der Waals surface area contributed by atoms with Crippen molar-refractivity contribution >= 4 is 23.2 Å². The highest BCUT2D eigenvalue weighted by atomic mass is 16.5. The summed E-state index contributed by atoms with van der Waals surface area (Å²) in [5, 5.41) is 2.89. The number of fused-ring (bicyclic) bond motifs is 1. The van der Waals surface area contributed by atoms with Crippen molar-refractivity contribution in [1.82, 2.24) is 0 Å². The van der Waals surface area contributed by atoms with Crippen LogP contribution in [0.4, 0.5) is 11.4 Å². The first-order valence-corrected chi connectivity index (χ1v) is 10.1. The van der Waals surface area contributed by atoms with Gasteiger partial charge in [0.2, 0.25) is 0 Å². The molecule has 0 aromatic heterocycles. The molecule has 0 unspecified atom stereocenters. The number of carbonyl (C=O) groups excluding carboxylic acids is 2. The van der Waals surface area contributed by atoms with E-state index >= 15 is 0 Å². The van der Waals surface area contributed by atoms with E-state index in [4.69, 9.17) is 4.74 Å². The molecule has 0 saturated heterocycles. The summed E-state index contributed by atoms with van der Waals surface area (Å²) in [4.78, 5) is 27.0. The van der Waals surface area contributed by atoms with E-state index in [0.29, 0.717) is 23.5 Å². The van der Waals surface area contributed by atoms with E-state index in [1.807, 2.05) is 84.6 Å². The Morgan fingerprint density at radius 2 is 1.83 bits per heavy atom. The molecule has 30 heavy (non-hydrogen) atoms. The Bertz CT molecular complexity index is 1060. The SMILES string of the molecule is Cc1cccc(OCC(=O)Nc2ccc3c(c2)CCCN3C(=O)c2ccccc2)c1.